The summed E-state index contributed by atoms with van der Waals surface area (Å²) in [4.78, 5) is 2.61. The Morgan fingerprint density at radius 3 is 3.00 bits per heavy atom. The molecule has 0 bridgehead atoms. The van der Waals surface area contributed by atoms with Crippen LogP contribution in [0.25, 0.3) is 0 Å². The lowest BCUT2D eigenvalue weighted by atomic mass is 9.86. The molecule has 2 aliphatic rings. The average molecular weight is 301 g/mol. The Morgan fingerprint density at radius 2 is 2.27 bits per heavy atom. The van der Waals surface area contributed by atoms with Crippen LogP contribution in [0.3, 0.4) is 0 Å². The van der Waals surface area contributed by atoms with Gasteiger partial charge in [-0.25, -0.2) is 0 Å². The molecule has 0 amide bonds. The predicted molar refractivity (Wildman–Crippen MR) is 94.7 cm³/mol. The molecule has 0 spiro atoms. The van der Waals surface area contributed by atoms with E-state index in [0.29, 0.717) is 0 Å². The molecule has 1 fully saturated rings. The third-order valence-electron chi connectivity index (χ3n) is 5.20. The lowest BCUT2D eigenvalue weighted by molar-refractivity contribution is 0.338. The molecule has 1 aromatic rings. The molecule has 122 valence electrons. The van der Waals surface area contributed by atoms with Crippen LogP contribution in [0.2, 0.25) is 0 Å². The van der Waals surface area contributed by atoms with Gasteiger partial charge in [0.15, 0.2) is 0 Å². The minimum Gasteiger partial charge on any atom is -0.371 e. The first-order chi connectivity index (χ1) is 10.8. The van der Waals surface area contributed by atoms with Crippen molar-refractivity contribution in [2.45, 2.75) is 45.1 Å². The van der Waals surface area contributed by atoms with Crippen LogP contribution in [0.4, 0.5) is 5.69 Å². The van der Waals surface area contributed by atoms with Crippen LogP contribution in [-0.4, -0.2) is 33.2 Å². The SMILES string of the molecule is CCCN1CC(CC2CCCNC2)c2cc(CNC)ccc21. The number of nitrogens with one attached hydrogen (secondary N) is 2. The molecule has 0 saturated carbocycles. The summed E-state index contributed by atoms with van der Waals surface area (Å²) < 4.78 is 0. The van der Waals surface area contributed by atoms with Gasteiger partial charge in [-0.05, 0) is 68.9 Å². The maximum absolute atomic E-state index is 3.58. The van der Waals surface area contributed by atoms with Crippen molar-refractivity contribution in [2.24, 2.45) is 5.92 Å². The summed E-state index contributed by atoms with van der Waals surface area (Å²) >= 11 is 0. The van der Waals surface area contributed by atoms with Gasteiger partial charge in [-0.1, -0.05) is 19.1 Å². The summed E-state index contributed by atoms with van der Waals surface area (Å²) in [5.74, 6) is 1.59. The number of benzene rings is 1. The van der Waals surface area contributed by atoms with Crippen molar-refractivity contribution in [3.05, 3.63) is 29.3 Å². The number of piperidine rings is 1. The number of fused-ring (bicyclic) bond motifs is 1. The Hall–Kier alpha value is -1.06. The summed E-state index contributed by atoms with van der Waals surface area (Å²) in [6.07, 6.45) is 5.34. The van der Waals surface area contributed by atoms with Crippen LogP contribution in [0.15, 0.2) is 18.2 Å². The van der Waals surface area contributed by atoms with Gasteiger partial charge in [0, 0.05) is 31.2 Å². The topological polar surface area (TPSA) is 27.3 Å². The van der Waals surface area contributed by atoms with E-state index in [1.165, 1.54) is 63.1 Å². The van der Waals surface area contributed by atoms with Gasteiger partial charge < -0.3 is 15.5 Å². The number of nitrogens with zero attached hydrogens (tertiary/aromatic N) is 1. The molecule has 3 heteroatoms. The van der Waals surface area contributed by atoms with Gasteiger partial charge in [0.25, 0.3) is 0 Å². The van der Waals surface area contributed by atoms with Gasteiger partial charge in [-0.3, -0.25) is 0 Å². The highest BCUT2D eigenvalue weighted by molar-refractivity contribution is 5.61. The van der Waals surface area contributed by atoms with Crippen molar-refractivity contribution in [3.8, 4) is 0 Å². The summed E-state index contributed by atoms with van der Waals surface area (Å²) in [6, 6.07) is 7.11. The molecule has 2 atom stereocenters. The van der Waals surface area contributed by atoms with Crippen molar-refractivity contribution in [1.82, 2.24) is 10.6 Å². The van der Waals surface area contributed by atoms with Crippen LogP contribution in [0, 0.1) is 5.92 Å². The molecule has 1 aromatic carbocycles. The van der Waals surface area contributed by atoms with Crippen LogP contribution >= 0.6 is 0 Å². The fourth-order valence-electron chi connectivity index (χ4n) is 4.21. The first kappa shape index (κ1) is 15.8. The van der Waals surface area contributed by atoms with E-state index < -0.39 is 0 Å². The first-order valence-electron chi connectivity index (χ1n) is 9.05. The van der Waals surface area contributed by atoms with Gasteiger partial charge in [0.05, 0.1) is 0 Å². The molecule has 2 unspecified atom stereocenters. The third-order valence-corrected chi connectivity index (χ3v) is 5.20. The Kier molecular flexibility index (Phi) is 5.37. The highest BCUT2D eigenvalue weighted by Gasteiger charge is 2.30. The van der Waals surface area contributed by atoms with Gasteiger partial charge in [0.2, 0.25) is 0 Å². The van der Waals surface area contributed by atoms with Crippen molar-refractivity contribution in [3.63, 3.8) is 0 Å². The summed E-state index contributed by atoms with van der Waals surface area (Å²) in [7, 11) is 2.03. The standard InChI is InChI=1S/C19H31N3/c1-3-9-22-14-17(10-15-5-4-8-21-13-15)18-11-16(12-20-2)6-7-19(18)22/h6-7,11,15,17,20-21H,3-5,8-10,12-14H2,1-2H3. The summed E-state index contributed by atoms with van der Waals surface area (Å²) in [5, 5.41) is 6.86. The quantitative estimate of drug-likeness (QED) is 0.845. The molecule has 22 heavy (non-hydrogen) atoms. The number of hydrogen-bond donors (Lipinski definition) is 2. The lowest BCUT2D eigenvalue weighted by Crippen LogP contribution is -2.31. The van der Waals surface area contributed by atoms with E-state index in [9.17, 15) is 0 Å². The second kappa shape index (κ2) is 7.47. The molecular weight excluding hydrogens is 270 g/mol. The normalized spacial score (nSPS) is 24.5. The highest BCUT2D eigenvalue weighted by Crippen LogP contribution is 2.41. The Bertz CT molecular complexity index is 480. The molecule has 0 aliphatic carbocycles. The van der Waals surface area contributed by atoms with Crippen LogP contribution in [0.1, 0.15) is 49.7 Å². The molecule has 0 radical (unpaired) electrons. The van der Waals surface area contributed by atoms with E-state index in [2.05, 4.69) is 40.7 Å². The van der Waals surface area contributed by atoms with Gasteiger partial charge in [-0.15, -0.1) is 0 Å². The van der Waals surface area contributed by atoms with E-state index in [4.69, 9.17) is 0 Å². The highest BCUT2D eigenvalue weighted by atomic mass is 15.2. The average Bonchev–Trinajstić information content (AvgIpc) is 2.87. The lowest BCUT2D eigenvalue weighted by Gasteiger charge is -2.26. The first-order valence-corrected chi connectivity index (χ1v) is 9.05. The Labute approximate surface area is 135 Å². The molecule has 2 aliphatic heterocycles. The van der Waals surface area contributed by atoms with E-state index in [-0.39, 0.29) is 0 Å². The fourth-order valence-corrected chi connectivity index (χ4v) is 4.21. The molecular formula is C19H31N3. The number of anilines is 1. The fraction of sp³-hybridized carbons (Fsp3) is 0.684. The number of hydrogen-bond acceptors (Lipinski definition) is 3. The van der Waals surface area contributed by atoms with E-state index in [1.807, 2.05) is 7.05 Å². The minimum atomic E-state index is 0.725. The van der Waals surface area contributed by atoms with E-state index in [1.54, 1.807) is 5.56 Å². The van der Waals surface area contributed by atoms with Crippen molar-refractivity contribution in [2.75, 3.05) is 38.1 Å². The smallest absolute Gasteiger partial charge is 0.0402 e. The van der Waals surface area contributed by atoms with Gasteiger partial charge in [-0.2, -0.15) is 0 Å². The van der Waals surface area contributed by atoms with Crippen molar-refractivity contribution >= 4 is 5.69 Å². The Balaban J connectivity index is 1.78. The molecule has 2 N–H and O–H groups in total. The molecule has 3 nitrogen and oxygen atoms in total. The van der Waals surface area contributed by atoms with E-state index >= 15 is 0 Å². The third kappa shape index (κ3) is 3.47. The van der Waals surface area contributed by atoms with Crippen LogP contribution in [0.5, 0.6) is 0 Å². The second-order valence-electron chi connectivity index (χ2n) is 7.01. The zero-order valence-corrected chi connectivity index (χ0v) is 14.2. The number of rotatable bonds is 6. The van der Waals surface area contributed by atoms with Crippen LogP contribution in [-0.2, 0) is 6.54 Å². The molecule has 3 rings (SSSR count). The van der Waals surface area contributed by atoms with E-state index in [0.717, 1.165) is 18.4 Å². The molecule has 2 heterocycles. The van der Waals surface area contributed by atoms with Crippen molar-refractivity contribution < 1.29 is 0 Å². The summed E-state index contributed by atoms with van der Waals surface area (Å²) in [6.45, 7) is 8.11. The maximum Gasteiger partial charge on any atom is 0.0402 e. The zero-order chi connectivity index (χ0) is 15.4. The molecule has 0 aromatic heterocycles. The van der Waals surface area contributed by atoms with Crippen molar-refractivity contribution in [1.29, 1.82) is 0 Å². The predicted octanol–water partition coefficient (Wildman–Crippen LogP) is 3.11. The Morgan fingerprint density at radius 1 is 1.36 bits per heavy atom. The summed E-state index contributed by atoms with van der Waals surface area (Å²) in [5.41, 5.74) is 4.52. The zero-order valence-electron chi connectivity index (χ0n) is 14.2. The van der Waals surface area contributed by atoms with Crippen LogP contribution < -0.4 is 15.5 Å². The van der Waals surface area contributed by atoms with Gasteiger partial charge >= 0.3 is 0 Å². The van der Waals surface area contributed by atoms with Gasteiger partial charge in [0.1, 0.15) is 0 Å². The maximum atomic E-state index is 3.58. The largest absolute Gasteiger partial charge is 0.371 e. The second-order valence-corrected chi connectivity index (χ2v) is 7.01. The molecule has 1 saturated heterocycles. The minimum absolute atomic E-state index is 0.725. The monoisotopic (exact) mass is 301 g/mol.